The van der Waals surface area contributed by atoms with E-state index in [2.05, 4.69) is 5.32 Å². The molecule has 2 rings (SSSR count). The maximum absolute atomic E-state index is 12.5. The minimum absolute atomic E-state index is 0.0111. The molecule has 3 amide bonds. The van der Waals surface area contributed by atoms with E-state index in [0.717, 1.165) is 5.56 Å². The van der Waals surface area contributed by atoms with Crippen LogP contribution in [-0.2, 0) is 16.1 Å². The second kappa shape index (κ2) is 10.4. The number of hydrogen-bond donors (Lipinski definition) is 2. The van der Waals surface area contributed by atoms with Gasteiger partial charge in [-0.2, -0.15) is 0 Å². The average Bonchev–Trinajstić information content (AvgIpc) is 2.65. The lowest BCUT2D eigenvalue weighted by Gasteiger charge is -2.33. The molecule has 0 saturated carbocycles. The van der Waals surface area contributed by atoms with Crippen LogP contribution in [0.25, 0.3) is 0 Å². The third-order valence-corrected chi connectivity index (χ3v) is 4.48. The molecule has 8 heteroatoms. The first-order chi connectivity index (χ1) is 12.5. The van der Waals surface area contributed by atoms with E-state index < -0.39 is 0 Å². The Morgan fingerprint density at radius 2 is 2.12 bits per heavy atom. The average molecular weight is 384 g/mol. The van der Waals surface area contributed by atoms with Gasteiger partial charge in [0.2, 0.25) is 5.91 Å². The van der Waals surface area contributed by atoms with Gasteiger partial charge in [-0.15, -0.1) is 0 Å². The first kappa shape index (κ1) is 20.5. The summed E-state index contributed by atoms with van der Waals surface area (Å²) in [7, 11) is 0. The van der Waals surface area contributed by atoms with E-state index in [1.807, 2.05) is 12.1 Å². The number of morpholine rings is 1. The Morgan fingerprint density at radius 1 is 1.38 bits per heavy atom. The number of benzene rings is 1. The Kier molecular flexibility index (Phi) is 8.15. The monoisotopic (exact) mass is 383 g/mol. The minimum atomic E-state index is -0.225. The van der Waals surface area contributed by atoms with Crippen LogP contribution < -0.4 is 5.32 Å². The Balaban J connectivity index is 1.89. The lowest BCUT2D eigenvalue weighted by Crippen LogP contribution is -2.50. The molecule has 1 heterocycles. The number of ether oxygens (including phenoxy) is 1. The number of nitrogens with one attached hydrogen (secondary N) is 1. The first-order valence-electron chi connectivity index (χ1n) is 8.74. The summed E-state index contributed by atoms with van der Waals surface area (Å²) in [5.41, 5.74) is 0.958. The summed E-state index contributed by atoms with van der Waals surface area (Å²) in [5, 5.41) is 12.6. The van der Waals surface area contributed by atoms with E-state index >= 15 is 0 Å². The SMILES string of the molecule is CC(=O)N1CCO[C@H](CNC(=O)N(CCCO)Cc2ccc(Cl)cc2)C1. The van der Waals surface area contributed by atoms with Gasteiger partial charge < -0.3 is 25.0 Å². The molecule has 1 aliphatic rings. The molecule has 0 aliphatic carbocycles. The Morgan fingerprint density at radius 3 is 2.77 bits per heavy atom. The number of rotatable bonds is 7. The van der Waals surface area contributed by atoms with Gasteiger partial charge in [-0.3, -0.25) is 4.79 Å². The van der Waals surface area contributed by atoms with Crippen molar-refractivity contribution in [3.05, 3.63) is 34.9 Å². The van der Waals surface area contributed by atoms with Gasteiger partial charge in [-0.05, 0) is 24.1 Å². The highest BCUT2D eigenvalue weighted by Gasteiger charge is 2.23. The number of carbonyl (C=O) groups is 2. The molecule has 0 bridgehead atoms. The summed E-state index contributed by atoms with van der Waals surface area (Å²) in [6.07, 6.45) is 0.283. The molecule has 26 heavy (non-hydrogen) atoms. The van der Waals surface area contributed by atoms with Gasteiger partial charge in [0.15, 0.2) is 0 Å². The van der Waals surface area contributed by atoms with Crippen molar-refractivity contribution in [2.45, 2.75) is 26.0 Å². The minimum Gasteiger partial charge on any atom is -0.396 e. The van der Waals surface area contributed by atoms with Gasteiger partial charge in [-0.1, -0.05) is 23.7 Å². The van der Waals surface area contributed by atoms with Crippen molar-refractivity contribution >= 4 is 23.5 Å². The Hall–Kier alpha value is -1.83. The number of aliphatic hydroxyl groups excluding tert-OH is 1. The lowest BCUT2D eigenvalue weighted by molar-refractivity contribution is -0.136. The van der Waals surface area contributed by atoms with Crippen LogP contribution in [0.4, 0.5) is 4.79 Å². The van der Waals surface area contributed by atoms with E-state index in [1.54, 1.807) is 21.9 Å². The predicted molar refractivity (Wildman–Crippen MR) is 99.0 cm³/mol. The molecule has 0 aromatic heterocycles. The molecule has 0 spiro atoms. The van der Waals surface area contributed by atoms with E-state index in [9.17, 15) is 9.59 Å². The van der Waals surface area contributed by atoms with Crippen LogP contribution in [0.1, 0.15) is 18.9 Å². The van der Waals surface area contributed by atoms with Crippen LogP contribution in [0.3, 0.4) is 0 Å². The van der Waals surface area contributed by atoms with Crippen molar-refractivity contribution in [3.8, 4) is 0 Å². The van der Waals surface area contributed by atoms with Crippen LogP contribution in [0, 0.1) is 0 Å². The summed E-state index contributed by atoms with van der Waals surface area (Å²) >= 11 is 5.90. The topological polar surface area (TPSA) is 82.1 Å². The number of nitrogens with zero attached hydrogens (tertiary/aromatic N) is 2. The quantitative estimate of drug-likeness (QED) is 0.747. The molecule has 1 saturated heterocycles. The van der Waals surface area contributed by atoms with Crippen LogP contribution in [-0.4, -0.2) is 72.3 Å². The summed E-state index contributed by atoms with van der Waals surface area (Å²) < 4.78 is 5.62. The molecule has 144 valence electrons. The maximum atomic E-state index is 12.5. The fraction of sp³-hybridized carbons (Fsp3) is 0.556. The number of aliphatic hydroxyl groups is 1. The molecule has 0 radical (unpaired) electrons. The van der Waals surface area contributed by atoms with E-state index in [-0.39, 0.29) is 24.6 Å². The predicted octanol–water partition coefficient (Wildman–Crippen LogP) is 1.48. The first-order valence-corrected chi connectivity index (χ1v) is 9.12. The van der Waals surface area contributed by atoms with Crippen molar-refractivity contribution < 1.29 is 19.4 Å². The summed E-state index contributed by atoms with van der Waals surface area (Å²) in [4.78, 5) is 27.4. The standard InChI is InChI=1S/C18H26ClN3O4/c1-14(24)21-8-10-26-17(13-21)11-20-18(25)22(7-2-9-23)12-15-3-5-16(19)6-4-15/h3-6,17,23H,2,7-13H2,1H3,(H,20,25)/t17-/m1/s1. The number of amides is 3. The zero-order chi connectivity index (χ0) is 18.9. The molecule has 2 N–H and O–H groups in total. The smallest absolute Gasteiger partial charge is 0.317 e. The summed E-state index contributed by atoms with van der Waals surface area (Å²) in [6.45, 7) is 4.28. The lowest BCUT2D eigenvalue weighted by atomic mass is 10.2. The molecule has 7 nitrogen and oxygen atoms in total. The summed E-state index contributed by atoms with van der Waals surface area (Å²) in [5.74, 6) is 0.0111. The highest BCUT2D eigenvalue weighted by atomic mass is 35.5. The third kappa shape index (κ3) is 6.48. The fourth-order valence-electron chi connectivity index (χ4n) is 2.77. The van der Waals surface area contributed by atoms with Crippen molar-refractivity contribution in [3.63, 3.8) is 0 Å². The highest BCUT2D eigenvalue weighted by molar-refractivity contribution is 6.30. The van der Waals surface area contributed by atoms with Crippen LogP contribution >= 0.6 is 11.6 Å². The van der Waals surface area contributed by atoms with Crippen molar-refractivity contribution in [2.24, 2.45) is 0 Å². The van der Waals surface area contributed by atoms with Gasteiger partial charge in [0.1, 0.15) is 0 Å². The van der Waals surface area contributed by atoms with Gasteiger partial charge in [-0.25, -0.2) is 4.79 Å². The molecule has 1 aliphatic heterocycles. The van der Waals surface area contributed by atoms with E-state index in [4.69, 9.17) is 21.4 Å². The maximum Gasteiger partial charge on any atom is 0.317 e. The largest absolute Gasteiger partial charge is 0.396 e. The fourth-order valence-corrected chi connectivity index (χ4v) is 2.89. The van der Waals surface area contributed by atoms with E-state index in [1.165, 1.54) is 6.92 Å². The molecular formula is C18H26ClN3O4. The molecule has 1 fully saturated rings. The number of halogens is 1. The third-order valence-electron chi connectivity index (χ3n) is 4.23. The second-order valence-electron chi connectivity index (χ2n) is 6.27. The van der Waals surface area contributed by atoms with Gasteiger partial charge in [0.25, 0.3) is 0 Å². The zero-order valence-electron chi connectivity index (χ0n) is 15.0. The molecule has 1 aromatic rings. The van der Waals surface area contributed by atoms with Crippen LogP contribution in [0.2, 0.25) is 5.02 Å². The summed E-state index contributed by atoms with van der Waals surface area (Å²) in [6, 6.07) is 7.08. The van der Waals surface area contributed by atoms with Crippen LogP contribution in [0.15, 0.2) is 24.3 Å². The van der Waals surface area contributed by atoms with Crippen LogP contribution in [0.5, 0.6) is 0 Å². The molecule has 0 unspecified atom stereocenters. The van der Waals surface area contributed by atoms with E-state index in [0.29, 0.717) is 50.8 Å². The van der Waals surface area contributed by atoms with Gasteiger partial charge >= 0.3 is 6.03 Å². The number of carbonyl (C=O) groups excluding carboxylic acids is 2. The Labute approximate surface area is 158 Å². The number of hydrogen-bond acceptors (Lipinski definition) is 4. The number of urea groups is 1. The van der Waals surface area contributed by atoms with Gasteiger partial charge in [0.05, 0.1) is 12.7 Å². The Bertz CT molecular complexity index is 597. The van der Waals surface area contributed by atoms with Crippen molar-refractivity contribution in [1.29, 1.82) is 0 Å². The van der Waals surface area contributed by atoms with Gasteiger partial charge in [0, 0.05) is 51.3 Å². The highest BCUT2D eigenvalue weighted by Crippen LogP contribution is 2.12. The van der Waals surface area contributed by atoms with Crippen molar-refractivity contribution in [2.75, 3.05) is 39.4 Å². The molecule has 1 aromatic carbocycles. The molecule has 1 atom stereocenters. The zero-order valence-corrected chi connectivity index (χ0v) is 15.7. The normalized spacial score (nSPS) is 17.0. The second-order valence-corrected chi connectivity index (χ2v) is 6.71. The molecular weight excluding hydrogens is 358 g/mol. The van der Waals surface area contributed by atoms with Crippen molar-refractivity contribution in [1.82, 2.24) is 15.1 Å².